The largest absolute Gasteiger partial charge is 0.496 e. The van der Waals surface area contributed by atoms with E-state index in [9.17, 15) is 0 Å². The number of aromatic nitrogens is 1. The lowest BCUT2D eigenvalue weighted by atomic mass is 10.2. The van der Waals surface area contributed by atoms with Crippen molar-refractivity contribution in [2.45, 2.75) is 20.4 Å². The summed E-state index contributed by atoms with van der Waals surface area (Å²) in [6, 6.07) is 5.79. The molecule has 0 saturated heterocycles. The number of methoxy groups -OCH3 is 1. The van der Waals surface area contributed by atoms with Crippen molar-refractivity contribution in [1.82, 2.24) is 4.57 Å². The van der Waals surface area contributed by atoms with E-state index in [0.29, 0.717) is 0 Å². The summed E-state index contributed by atoms with van der Waals surface area (Å²) in [5, 5.41) is 10.5. The van der Waals surface area contributed by atoms with Gasteiger partial charge in [0.15, 0.2) is 0 Å². The second kappa shape index (κ2) is 6.85. The number of ether oxygens (including phenoxy) is 1. The van der Waals surface area contributed by atoms with Gasteiger partial charge in [-0.1, -0.05) is 0 Å². The number of aryl methyl sites for hydroxylation is 1. The Labute approximate surface area is 130 Å². The van der Waals surface area contributed by atoms with Gasteiger partial charge in [0.05, 0.1) is 17.8 Å². The van der Waals surface area contributed by atoms with Crippen LogP contribution in [0.1, 0.15) is 18.2 Å². The van der Waals surface area contributed by atoms with Gasteiger partial charge in [0, 0.05) is 17.6 Å². The fourth-order valence-electron chi connectivity index (χ4n) is 1.79. The monoisotopic (exact) mass is 353 g/mol. The van der Waals surface area contributed by atoms with Crippen molar-refractivity contribution in [3.05, 3.63) is 44.1 Å². The van der Waals surface area contributed by atoms with Gasteiger partial charge in [0.1, 0.15) is 5.75 Å². The molecule has 0 N–H and O–H groups in total. The molecule has 0 spiro atoms. The van der Waals surface area contributed by atoms with Crippen molar-refractivity contribution in [2.75, 3.05) is 7.11 Å². The molecule has 20 heavy (non-hydrogen) atoms. The topological polar surface area (TPSA) is 38.9 Å². The predicted octanol–water partition coefficient (Wildman–Crippen LogP) is 3.58. The normalized spacial score (nSPS) is 12.3. The SMILES string of the molecule is CCn1c(C)cs/c1=N\N=C/c1ccc(OC)c(Br)c1. The highest BCUT2D eigenvalue weighted by molar-refractivity contribution is 9.10. The molecule has 1 aromatic carbocycles. The Hall–Kier alpha value is -1.40. The number of benzene rings is 1. The molecular weight excluding hydrogens is 338 g/mol. The highest BCUT2D eigenvalue weighted by atomic mass is 79.9. The maximum Gasteiger partial charge on any atom is 0.210 e. The first-order valence-electron chi connectivity index (χ1n) is 6.21. The van der Waals surface area contributed by atoms with E-state index >= 15 is 0 Å². The molecular formula is C14H16BrN3OS. The number of hydrogen-bond donors (Lipinski definition) is 0. The average molecular weight is 354 g/mol. The molecule has 0 bridgehead atoms. The molecule has 1 aromatic heterocycles. The molecule has 0 radical (unpaired) electrons. The van der Waals surface area contributed by atoms with E-state index in [1.165, 1.54) is 5.69 Å². The Morgan fingerprint density at radius 1 is 1.45 bits per heavy atom. The van der Waals surface area contributed by atoms with Crippen molar-refractivity contribution >= 4 is 33.5 Å². The number of hydrogen-bond acceptors (Lipinski definition) is 4. The van der Waals surface area contributed by atoms with E-state index in [1.807, 2.05) is 18.2 Å². The van der Waals surface area contributed by atoms with E-state index in [-0.39, 0.29) is 0 Å². The summed E-state index contributed by atoms with van der Waals surface area (Å²) >= 11 is 5.05. The Kier molecular flexibility index (Phi) is 5.14. The minimum atomic E-state index is 0.803. The lowest BCUT2D eigenvalue weighted by Crippen LogP contribution is -2.14. The molecule has 0 fully saturated rings. The van der Waals surface area contributed by atoms with E-state index < -0.39 is 0 Å². The maximum atomic E-state index is 5.19. The van der Waals surface area contributed by atoms with Crippen LogP contribution in [0.2, 0.25) is 0 Å². The predicted molar refractivity (Wildman–Crippen MR) is 86.6 cm³/mol. The molecule has 106 valence electrons. The molecule has 6 heteroatoms. The third-order valence-electron chi connectivity index (χ3n) is 2.83. The van der Waals surface area contributed by atoms with Gasteiger partial charge in [-0.05, 0) is 53.5 Å². The van der Waals surface area contributed by atoms with E-state index in [1.54, 1.807) is 24.7 Å². The summed E-state index contributed by atoms with van der Waals surface area (Å²) in [7, 11) is 1.64. The van der Waals surface area contributed by atoms with Crippen LogP contribution < -0.4 is 9.54 Å². The molecule has 0 aliphatic heterocycles. The van der Waals surface area contributed by atoms with Gasteiger partial charge in [-0.2, -0.15) is 5.10 Å². The lowest BCUT2D eigenvalue weighted by molar-refractivity contribution is 0.412. The Morgan fingerprint density at radius 3 is 2.90 bits per heavy atom. The molecule has 2 aromatic rings. The number of nitrogens with zero attached hydrogens (tertiary/aromatic N) is 3. The molecule has 0 unspecified atom stereocenters. The minimum absolute atomic E-state index is 0.803. The van der Waals surface area contributed by atoms with Crippen LogP contribution in [0.15, 0.2) is 38.3 Å². The average Bonchev–Trinajstić information content (AvgIpc) is 2.79. The molecule has 2 rings (SSSR count). The standard InChI is InChI=1S/C14H16BrN3OS/c1-4-18-10(2)9-20-14(18)17-16-8-11-5-6-13(19-3)12(15)7-11/h5-9H,4H2,1-3H3/b16-8-,17-14-. The summed E-state index contributed by atoms with van der Waals surface area (Å²) in [5.74, 6) is 0.803. The van der Waals surface area contributed by atoms with Crippen LogP contribution in [0.25, 0.3) is 0 Å². The zero-order valence-corrected chi connectivity index (χ0v) is 14.0. The van der Waals surface area contributed by atoms with Crippen LogP contribution in [0, 0.1) is 6.92 Å². The number of halogens is 1. The molecule has 0 atom stereocenters. The Balaban J connectivity index is 2.23. The van der Waals surface area contributed by atoms with Gasteiger partial charge in [-0.25, -0.2) is 0 Å². The Bertz CT molecular complexity index is 688. The van der Waals surface area contributed by atoms with Gasteiger partial charge in [-0.15, -0.1) is 16.4 Å². The second-order valence-electron chi connectivity index (χ2n) is 4.14. The van der Waals surface area contributed by atoms with Crippen molar-refractivity contribution in [3.8, 4) is 5.75 Å². The third kappa shape index (κ3) is 3.37. The summed E-state index contributed by atoms with van der Waals surface area (Å²) in [6.45, 7) is 5.07. The number of rotatable bonds is 4. The Morgan fingerprint density at radius 2 is 2.25 bits per heavy atom. The fourth-order valence-corrected chi connectivity index (χ4v) is 3.24. The van der Waals surface area contributed by atoms with Crippen molar-refractivity contribution in [3.63, 3.8) is 0 Å². The quantitative estimate of drug-likeness (QED) is 0.611. The number of thiazole rings is 1. The summed E-state index contributed by atoms with van der Waals surface area (Å²) in [5.41, 5.74) is 2.18. The van der Waals surface area contributed by atoms with Crippen LogP contribution in [0.4, 0.5) is 0 Å². The van der Waals surface area contributed by atoms with Crippen LogP contribution >= 0.6 is 27.3 Å². The third-order valence-corrected chi connectivity index (χ3v) is 4.43. The highest BCUT2D eigenvalue weighted by Gasteiger charge is 2.00. The van der Waals surface area contributed by atoms with Gasteiger partial charge in [-0.3, -0.25) is 0 Å². The van der Waals surface area contributed by atoms with Crippen LogP contribution in [0.3, 0.4) is 0 Å². The molecule has 4 nitrogen and oxygen atoms in total. The van der Waals surface area contributed by atoms with Crippen LogP contribution in [-0.4, -0.2) is 17.9 Å². The summed E-state index contributed by atoms with van der Waals surface area (Å²) < 4.78 is 8.22. The fraction of sp³-hybridized carbons (Fsp3) is 0.286. The summed E-state index contributed by atoms with van der Waals surface area (Å²) in [4.78, 5) is 0.911. The van der Waals surface area contributed by atoms with Crippen LogP contribution in [-0.2, 0) is 6.54 Å². The minimum Gasteiger partial charge on any atom is -0.496 e. The van der Waals surface area contributed by atoms with Crippen molar-refractivity contribution in [2.24, 2.45) is 10.2 Å². The van der Waals surface area contributed by atoms with E-state index in [2.05, 4.69) is 49.9 Å². The first kappa shape index (κ1) is 15.0. The second-order valence-corrected chi connectivity index (χ2v) is 5.83. The van der Waals surface area contributed by atoms with Gasteiger partial charge < -0.3 is 9.30 Å². The van der Waals surface area contributed by atoms with Crippen LogP contribution in [0.5, 0.6) is 5.75 Å². The molecule has 0 amide bonds. The maximum absolute atomic E-state index is 5.19. The molecule has 0 saturated carbocycles. The first-order chi connectivity index (χ1) is 9.65. The lowest BCUT2D eigenvalue weighted by Gasteiger charge is -2.02. The smallest absolute Gasteiger partial charge is 0.210 e. The van der Waals surface area contributed by atoms with E-state index in [0.717, 1.165) is 27.1 Å². The first-order valence-corrected chi connectivity index (χ1v) is 7.88. The van der Waals surface area contributed by atoms with E-state index in [4.69, 9.17) is 4.74 Å². The van der Waals surface area contributed by atoms with Crippen molar-refractivity contribution < 1.29 is 4.74 Å². The molecule has 0 aliphatic rings. The van der Waals surface area contributed by atoms with Gasteiger partial charge >= 0.3 is 0 Å². The van der Waals surface area contributed by atoms with Crippen molar-refractivity contribution in [1.29, 1.82) is 0 Å². The molecule has 0 aliphatic carbocycles. The zero-order chi connectivity index (χ0) is 14.5. The molecule has 1 heterocycles. The van der Waals surface area contributed by atoms with Gasteiger partial charge in [0.25, 0.3) is 0 Å². The highest BCUT2D eigenvalue weighted by Crippen LogP contribution is 2.24. The van der Waals surface area contributed by atoms with Gasteiger partial charge in [0.2, 0.25) is 4.80 Å². The zero-order valence-electron chi connectivity index (χ0n) is 11.6. The summed E-state index contributed by atoms with van der Waals surface area (Å²) in [6.07, 6.45) is 1.74.